The van der Waals surface area contributed by atoms with Gasteiger partial charge in [-0.3, -0.25) is 4.79 Å². The minimum Gasteiger partial charge on any atom is -0.382 e. The van der Waals surface area contributed by atoms with E-state index in [1.54, 1.807) is 0 Å². The van der Waals surface area contributed by atoms with E-state index in [1.165, 1.54) is 24.9 Å². The van der Waals surface area contributed by atoms with Gasteiger partial charge in [0.05, 0.1) is 6.42 Å². The number of hydrogen-bond donors (Lipinski definition) is 2. The van der Waals surface area contributed by atoms with Gasteiger partial charge in [-0.25, -0.2) is 0 Å². The highest BCUT2D eigenvalue weighted by molar-refractivity contribution is 5.78. The number of likely N-dealkylation sites (N-methyl/N-ethyl adjacent to an activating group) is 1. The van der Waals surface area contributed by atoms with E-state index in [9.17, 15) is 4.79 Å². The maximum absolute atomic E-state index is 11.5. The Morgan fingerprint density at radius 2 is 2.00 bits per heavy atom. The second-order valence-corrected chi connectivity index (χ2v) is 5.59. The third-order valence-corrected chi connectivity index (χ3v) is 3.76. The number of nitrogens with one attached hydrogen (secondary N) is 2. The number of carbonyl (C=O) groups excluding carboxylic acids is 1. The van der Waals surface area contributed by atoms with E-state index in [-0.39, 0.29) is 5.91 Å². The first kappa shape index (κ1) is 13.9. The topological polar surface area (TPSA) is 41.1 Å². The molecule has 0 heterocycles. The molecule has 1 saturated carbocycles. The van der Waals surface area contributed by atoms with Gasteiger partial charge in [0, 0.05) is 18.3 Å². The van der Waals surface area contributed by atoms with Crippen LogP contribution < -0.4 is 10.6 Å². The van der Waals surface area contributed by atoms with Crippen molar-refractivity contribution in [2.45, 2.75) is 45.6 Å². The van der Waals surface area contributed by atoms with Crippen LogP contribution in [-0.4, -0.2) is 18.5 Å². The van der Waals surface area contributed by atoms with E-state index in [4.69, 9.17) is 0 Å². The van der Waals surface area contributed by atoms with Gasteiger partial charge in [0.15, 0.2) is 0 Å². The smallest absolute Gasteiger partial charge is 0.224 e. The summed E-state index contributed by atoms with van der Waals surface area (Å²) in [5.74, 6) is 0.933. The summed E-state index contributed by atoms with van der Waals surface area (Å²) in [6.45, 7) is 4.95. The van der Waals surface area contributed by atoms with Crippen molar-refractivity contribution in [2.24, 2.45) is 5.92 Å². The van der Waals surface area contributed by atoms with Crippen LogP contribution in [0.4, 0.5) is 5.69 Å². The third kappa shape index (κ3) is 4.27. The minimum atomic E-state index is 0.0906. The second kappa shape index (κ2) is 6.60. The largest absolute Gasteiger partial charge is 0.382 e. The van der Waals surface area contributed by atoms with Gasteiger partial charge < -0.3 is 10.6 Å². The number of carbonyl (C=O) groups is 1. The monoisotopic (exact) mass is 260 g/mol. The van der Waals surface area contributed by atoms with Crippen molar-refractivity contribution in [1.29, 1.82) is 0 Å². The zero-order valence-corrected chi connectivity index (χ0v) is 11.9. The van der Waals surface area contributed by atoms with Crippen LogP contribution in [-0.2, 0) is 11.2 Å². The number of amides is 1. The lowest BCUT2D eigenvalue weighted by atomic mass is 10.1. The molecular weight excluding hydrogens is 236 g/mol. The zero-order valence-electron chi connectivity index (χ0n) is 11.9. The van der Waals surface area contributed by atoms with E-state index >= 15 is 0 Å². The minimum absolute atomic E-state index is 0.0906. The Morgan fingerprint density at radius 1 is 1.26 bits per heavy atom. The molecule has 0 bridgehead atoms. The van der Waals surface area contributed by atoms with Crippen LogP contribution in [0, 0.1) is 5.92 Å². The molecule has 1 aliphatic rings. The van der Waals surface area contributed by atoms with E-state index in [0.29, 0.717) is 19.0 Å². The molecule has 0 radical (unpaired) electrons. The fourth-order valence-electron chi connectivity index (χ4n) is 2.74. The van der Waals surface area contributed by atoms with Crippen molar-refractivity contribution in [2.75, 3.05) is 11.9 Å². The standard InChI is InChI=1S/C16H24N2O/c1-3-17-16(19)11-13-5-8-14(9-6-13)18-15-7-4-12(2)10-15/h5-6,8-9,12,15,18H,3-4,7,10-11H2,1-2H3,(H,17,19). The van der Waals surface area contributed by atoms with Crippen molar-refractivity contribution >= 4 is 11.6 Å². The van der Waals surface area contributed by atoms with Gasteiger partial charge in [0.1, 0.15) is 0 Å². The summed E-state index contributed by atoms with van der Waals surface area (Å²) in [5.41, 5.74) is 2.23. The van der Waals surface area contributed by atoms with Crippen LogP contribution in [0.3, 0.4) is 0 Å². The summed E-state index contributed by atoms with van der Waals surface area (Å²) >= 11 is 0. The maximum Gasteiger partial charge on any atom is 0.224 e. The number of benzene rings is 1. The molecule has 2 unspecified atom stereocenters. The van der Waals surface area contributed by atoms with Gasteiger partial charge in [0.2, 0.25) is 5.91 Å². The van der Waals surface area contributed by atoms with Crippen molar-refractivity contribution in [3.63, 3.8) is 0 Å². The van der Waals surface area contributed by atoms with E-state index < -0.39 is 0 Å². The summed E-state index contributed by atoms with van der Waals surface area (Å²) in [6, 6.07) is 8.85. The van der Waals surface area contributed by atoms with Gasteiger partial charge in [-0.1, -0.05) is 19.1 Å². The first-order chi connectivity index (χ1) is 9.17. The van der Waals surface area contributed by atoms with Crippen molar-refractivity contribution < 1.29 is 4.79 Å². The van der Waals surface area contributed by atoms with Crippen molar-refractivity contribution in [3.8, 4) is 0 Å². The van der Waals surface area contributed by atoms with Crippen LogP contribution in [0.15, 0.2) is 24.3 Å². The summed E-state index contributed by atoms with van der Waals surface area (Å²) in [5, 5.41) is 6.39. The average Bonchev–Trinajstić information content (AvgIpc) is 2.78. The second-order valence-electron chi connectivity index (χ2n) is 5.59. The lowest BCUT2D eigenvalue weighted by Crippen LogP contribution is -2.24. The molecule has 3 heteroatoms. The molecule has 0 aromatic heterocycles. The molecule has 1 fully saturated rings. The zero-order chi connectivity index (χ0) is 13.7. The van der Waals surface area contributed by atoms with Crippen LogP contribution >= 0.6 is 0 Å². The Balaban J connectivity index is 1.86. The molecule has 1 aromatic carbocycles. The molecule has 0 spiro atoms. The summed E-state index contributed by atoms with van der Waals surface area (Å²) < 4.78 is 0. The molecule has 0 saturated heterocycles. The van der Waals surface area contributed by atoms with Crippen LogP contribution in [0.1, 0.15) is 38.7 Å². The number of anilines is 1. The first-order valence-electron chi connectivity index (χ1n) is 7.29. The molecule has 2 atom stereocenters. The molecule has 2 rings (SSSR count). The van der Waals surface area contributed by atoms with E-state index in [1.807, 2.05) is 19.1 Å². The fraction of sp³-hybridized carbons (Fsp3) is 0.562. The SMILES string of the molecule is CCNC(=O)Cc1ccc(NC2CCC(C)C2)cc1. The highest BCUT2D eigenvalue weighted by atomic mass is 16.1. The normalized spacial score (nSPS) is 22.2. The molecule has 19 heavy (non-hydrogen) atoms. The molecule has 104 valence electrons. The summed E-state index contributed by atoms with van der Waals surface area (Å²) in [7, 11) is 0. The highest BCUT2D eigenvalue weighted by Gasteiger charge is 2.20. The molecular formula is C16H24N2O. The maximum atomic E-state index is 11.5. The quantitative estimate of drug-likeness (QED) is 0.854. The van der Waals surface area contributed by atoms with E-state index in [0.717, 1.165) is 11.5 Å². The predicted octanol–water partition coefficient (Wildman–Crippen LogP) is 2.97. The molecule has 1 amide bonds. The van der Waals surface area contributed by atoms with Crippen molar-refractivity contribution in [3.05, 3.63) is 29.8 Å². The summed E-state index contributed by atoms with van der Waals surface area (Å²) in [6.07, 6.45) is 4.32. The molecule has 2 N–H and O–H groups in total. The fourth-order valence-corrected chi connectivity index (χ4v) is 2.74. The van der Waals surface area contributed by atoms with Gasteiger partial charge in [-0.15, -0.1) is 0 Å². The molecule has 1 aliphatic carbocycles. The molecule has 1 aromatic rings. The Hall–Kier alpha value is -1.51. The highest BCUT2D eigenvalue weighted by Crippen LogP contribution is 2.27. The number of rotatable bonds is 5. The van der Waals surface area contributed by atoms with Crippen molar-refractivity contribution in [1.82, 2.24) is 5.32 Å². The summed E-state index contributed by atoms with van der Waals surface area (Å²) in [4.78, 5) is 11.5. The number of hydrogen-bond acceptors (Lipinski definition) is 2. The lowest BCUT2D eigenvalue weighted by molar-refractivity contribution is -0.120. The Kier molecular flexibility index (Phi) is 4.83. The van der Waals surface area contributed by atoms with Crippen LogP contribution in [0.2, 0.25) is 0 Å². The predicted molar refractivity (Wildman–Crippen MR) is 79.3 cm³/mol. The van der Waals surface area contributed by atoms with Gasteiger partial charge >= 0.3 is 0 Å². The van der Waals surface area contributed by atoms with Crippen LogP contribution in [0.5, 0.6) is 0 Å². The van der Waals surface area contributed by atoms with Gasteiger partial charge in [-0.05, 0) is 49.8 Å². The Morgan fingerprint density at radius 3 is 2.58 bits per heavy atom. The average molecular weight is 260 g/mol. The molecule has 0 aliphatic heterocycles. The third-order valence-electron chi connectivity index (χ3n) is 3.76. The first-order valence-corrected chi connectivity index (χ1v) is 7.29. The van der Waals surface area contributed by atoms with Gasteiger partial charge in [0.25, 0.3) is 0 Å². The molecule has 3 nitrogen and oxygen atoms in total. The Bertz CT molecular complexity index is 413. The Labute approximate surface area is 115 Å². The van der Waals surface area contributed by atoms with Gasteiger partial charge in [-0.2, -0.15) is 0 Å². The lowest BCUT2D eigenvalue weighted by Gasteiger charge is -2.14. The van der Waals surface area contributed by atoms with Crippen LogP contribution in [0.25, 0.3) is 0 Å². The van der Waals surface area contributed by atoms with E-state index in [2.05, 4.69) is 29.7 Å².